The molecular weight excluding hydrogens is 375 g/mol. The van der Waals surface area contributed by atoms with E-state index in [4.69, 9.17) is 11.6 Å². The van der Waals surface area contributed by atoms with Gasteiger partial charge in [0.1, 0.15) is 4.90 Å². The van der Waals surface area contributed by atoms with Crippen molar-refractivity contribution >= 4 is 40.0 Å². The van der Waals surface area contributed by atoms with Gasteiger partial charge in [0.15, 0.2) is 0 Å². The fraction of sp³-hybridized carbons (Fsp3) is 0.533. The van der Waals surface area contributed by atoms with Crippen molar-refractivity contribution in [1.29, 1.82) is 0 Å². The van der Waals surface area contributed by atoms with Crippen LogP contribution in [0.3, 0.4) is 0 Å². The molecular formula is C15H22Cl2N2O4S. The quantitative estimate of drug-likeness (QED) is 0.771. The Morgan fingerprint density at radius 3 is 2.50 bits per heavy atom. The first kappa shape index (κ1) is 21.2. The van der Waals surface area contributed by atoms with Gasteiger partial charge in [-0.3, -0.25) is 0 Å². The van der Waals surface area contributed by atoms with Crippen LogP contribution in [0.15, 0.2) is 23.1 Å². The lowest BCUT2D eigenvalue weighted by atomic mass is 9.98. The standard InChI is InChI=1S/C15H21ClN2O4S.ClH/c1-17-10-11-5-7-18(8-6-11)23(20,21)14-4-3-12(9-13(14)16)15(19)22-2;/h3-4,9,11,17H,5-8,10H2,1-2H3;1H. The van der Waals surface area contributed by atoms with Gasteiger partial charge in [0.25, 0.3) is 0 Å². The molecule has 1 fully saturated rings. The van der Waals surface area contributed by atoms with Crippen LogP contribution in [0.1, 0.15) is 23.2 Å². The van der Waals surface area contributed by atoms with Crippen LogP contribution in [0.25, 0.3) is 0 Å². The number of benzene rings is 1. The lowest BCUT2D eigenvalue weighted by Gasteiger charge is -2.31. The molecule has 6 nitrogen and oxygen atoms in total. The number of carbonyl (C=O) groups excluding carboxylic acids is 1. The summed E-state index contributed by atoms with van der Waals surface area (Å²) in [6.45, 7) is 1.84. The summed E-state index contributed by atoms with van der Waals surface area (Å²) in [6, 6.07) is 4.11. The first-order chi connectivity index (χ1) is 10.9. The maximum Gasteiger partial charge on any atom is 0.337 e. The number of methoxy groups -OCH3 is 1. The lowest BCUT2D eigenvalue weighted by molar-refractivity contribution is 0.0600. The molecule has 24 heavy (non-hydrogen) atoms. The van der Waals surface area contributed by atoms with Crippen LogP contribution in [0, 0.1) is 5.92 Å². The largest absolute Gasteiger partial charge is 0.465 e. The van der Waals surface area contributed by atoms with Crippen molar-refractivity contribution in [2.45, 2.75) is 17.7 Å². The molecule has 0 radical (unpaired) electrons. The molecule has 1 aliphatic heterocycles. The molecule has 0 aliphatic carbocycles. The zero-order valence-corrected chi connectivity index (χ0v) is 16.0. The van der Waals surface area contributed by atoms with Crippen molar-refractivity contribution in [3.8, 4) is 0 Å². The van der Waals surface area contributed by atoms with Crippen molar-refractivity contribution in [3.63, 3.8) is 0 Å². The van der Waals surface area contributed by atoms with Crippen molar-refractivity contribution < 1.29 is 17.9 Å². The minimum absolute atomic E-state index is 0. The van der Waals surface area contributed by atoms with E-state index in [0.29, 0.717) is 19.0 Å². The summed E-state index contributed by atoms with van der Waals surface area (Å²) in [4.78, 5) is 11.5. The van der Waals surface area contributed by atoms with Gasteiger partial charge in [0.05, 0.1) is 17.7 Å². The Kier molecular flexibility index (Phi) is 7.95. The first-order valence-corrected chi connectivity index (χ1v) is 9.24. The van der Waals surface area contributed by atoms with Gasteiger partial charge in [-0.15, -0.1) is 12.4 Å². The predicted octanol–water partition coefficient (Wildman–Crippen LogP) is 2.17. The van der Waals surface area contributed by atoms with Crippen molar-refractivity contribution in [2.24, 2.45) is 5.92 Å². The van der Waals surface area contributed by atoms with Crippen molar-refractivity contribution in [3.05, 3.63) is 28.8 Å². The van der Waals surface area contributed by atoms with Crippen LogP contribution in [0.5, 0.6) is 0 Å². The molecule has 0 atom stereocenters. The number of hydrogen-bond acceptors (Lipinski definition) is 5. The van der Waals surface area contributed by atoms with E-state index in [1.54, 1.807) is 0 Å². The third-order valence-electron chi connectivity index (χ3n) is 4.04. The molecule has 0 unspecified atom stereocenters. The van der Waals surface area contributed by atoms with Crippen LogP contribution in [0.4, 0.5) is 0 Å². The van der Waals surface area contributed by atoms with E-state index in [1.807, 2.05) is 7.05 Å². The Labute approximate surface area is 154 Å². The minimum Gasteiger partial charge on any atom is -0.465 e. The Balaban J connectivity index is 0.00000288. The zero-order chi connectivity index (χ0) is 17.0. The van der Waals surface area contributed by atoms with Gasteiger partial charge in [-0.25, -0.2) is 13.2 Å². The van der Waals surface area contributed by atoms with Crippen molar-refractivity contribution in [1.82, 2.24) is 9.62 Å². The predicted molar refractivity (Wildman–Crippen MR) is 95.4 cm³/mol. The summed E-state index contributed by atoms with van der Waals surface area (Å²) in [5.74, 6) is -0.0626. The molecule has 2 rings (SSSR count). The molecule has 9 heteroatoms. The van der Waals surface area contributed by atoms with Crippen LogP contribution in [-0.4, -0.2) is 52.5 Å². The van der Waals surface area contributed by atoms with Gasteiger partial charge in [0.2, 0.25) is 10.0 Å². The van der Waals surface area contributed by atoms with E-state index in [-0.39, 0.29) is 27.9 Å². The van der Waals surface area contributed by atoms with Gasteiger partial charge in [0, 0.05) is 13.1 Å². The number of halogens is 2. The highest BCUT2D eigenvalue weighted by Gasteiger charge is 2.30. The van der Waals surface area contributed by atoms with E-state index >= 15 is 0 Å². The summed E-state index contributed by atoms with van der Waals surface area (Å²) >= 11 is 6.09. The van der Waals surface area contributed by atoms with Gasteiger partial charge < -0.3 is 10.1 Å². The molecule has 1 aromatic rings. The average Bonchev–Trinajstić information content (AvgIpc) is 2.54. The van der Waals surface area contributed by atoms with E-state index in [1.165, 1.54) is 29.6 Å². The molecule has 1 saturated heterocycles. The number of piperidine rings is 1. The van der Waals surface area contributed by atoms with Gasteiger partial charge in [-0.1, -0.05) is 11.6 Å². The van der Waals surface area contributed by atoms with Crippen LogP contribution in [-0.2, 0) is 14.8 Å². The van der Waals surface area contributed by atoms with Crippen LogP contribution >= 0.6 is 24.0 Å². The molecule has 136 valence electrons. The molecule has 0 bridgehead atoms. The Hall–Kier alpha value is -0.860. The molecule has 1 heterocycles. The molecule has 0 amide bonds. The second-order valence-electron chi connectivity index (χ2n) is 5.54. The van der Waals surface area contributed by atoms with Gasteiger partial charge >= 0.3 is 5.97 Å². The Bertz CT molecular complexity index is 674. The number of rotatable bonds is 5. The number of nitrogens with zero attached hydrogens (tertiary/aromatic N) is 1. The second kappa shape index (κ2) is 9.01. The van der Waals surface area contributed by atoms with E-state index in [9.17, 15) is 13.2 Å². The second-order valence-corrected chi connectivity index (χ2v) is 7.86. The third kappa shape index (κ3) is 4.61. The molecule has 1 aromatic carbocycles. The molecule has 0 spiro atoms. The molecule has 1 aliphatic rings. The smallest absolute Gasteiger partial charge is 0.337 e. The SMILES string of the molecule is CNCC1CCN(S(=O)(=O)c2ccc(C(=O)OC)cc2Cl)CC1.Cl. The van der Waals surface area contributed by atoms with Gasteiger partial charge in [-0.05, 0) is 50.6 Å². The number of esters is 1. The number of nitrogens with one attached hydrogen (secondary N) is 1. The average molecular weight is 397 g/mol. The maximum absolute atomic E-state index is 12.7. The summed E-state index contributed by atoms with van der Waals surface area (Å²) in [7, 11) is -0.497. The molecule has 0 saturated carbocycles. The summed E-state index contributed by atoms with van der Waals surface area (Å²) in [6.07, 6.45) is 1.63. The van der Waals surface area contributed by atoms with E-state index < -0.39 is 16.0 Å². The zero-order valence-electron chi connectivity index (χ0n) is 13.6. The highest BCUT2D eigenvalue weighted by atomic mass is 35.5. The Morgan fingerprint density at radius 2 is 2.00 bits per heavy atom. The van der Waals surface area contributed by atoms with E-state index in [2.05, 4.69) is 10.1 Å². The van der Waals surface area contributed by atoms with Gasteiger partial charge in [-0.2, -0.15) is 4.31 Å². The number of carbonyl (C=O) groups is 1. The number of ether oxygens (including phenoxy) is 1. The summed E-state index contributed by atoms with van der Waals surface area (Å²) in [5, 5.41) is 3.15. The van der Waals surface area contributed by atoms with Crippen molar-refractivity contribution in [2.75, 3.05) is 33.8 Å². The van der Waals surface area contributed by atoms with Crippen LogP contribution in [0.2, 0.25) is 5.02 Å². The third-order valence-corrected chi connectivity index (χ3v) is 6.42. The lowest BCUT2D eigenvalue weighted by Crippen LogP contribution is -2.40. The molecule has 1 N–H and O–H groups in total. The highest BCUT2D eigenvalue weighted by molar-refractivity contribution is 7.89. The topological polar surface area (TPSA) is 75.7 Å². The molecule has 0 aromatic heterocycles. The highest BCUT2D eigenvalue weighted by Crippen LogP contribution is 2.29. The van der Waals surface area contributed by atoms with E-state index in [0.717, 1.165) is 19.4 Å². The number of hydrogen-bond donors (Lipinski definition) is 1. The fourth-order valence-corrected chi connectivity index (χ4v) is 4.72. The fourth-order valence-electron chi connectivity index (χ4n) is 2.74. The Morgan fingerprint density at radius 1 is 1.38 bits per heavy atom. The van der Waals surface area contributed by atoms with Crippen LogP contribution < -0.4 is 5.32 Å². The normalized spacial score (nSPS) is 16.5. The minimum atomic E-state index is -3.65. The first-order valence-electron chi connectivity index (χ1n) is 7.42. The number of sulfonamides is 1. The summed E-state index contributed by atoms with van der Waals surface area (Å²) in [5.41, 5.74) is 0.226. The summed E-state index contributed by atoms with van der Waals surface area (Å²) < 4.78 is 31.5. The maximum atomic E-state index is 12.7. The monoisotopic (exact) mass is 396 g/mol.